The van der Waals surface area contributed by atoms with Crippen molar-refractivity contribution in [2.45, 2.75) is 6.42 Å². The number of nitrogen functional groups attached to an aromatic ring is 1. The monoisotopic (exact) mass is 473 g/mol. The number of amides is 1. The van der Waals surface area contributed by atoms with Crippen molar-refractivity contribution < 1.29 is 18.4 Å². The van der Waals surface area contributed by atoms with Crippen LogP contribution in [0.2, 0.25) is 0 Å². The van der Waals surface area contributed by atoms with E-state index < -0.39 is 23.0 Å². The van der Waals surface area contributed by atoms with E-state index in [0.717, 1.165) is 36.4 Å². The maximum absolute atomic E-state index is 14.0. The van der Waals surface area contributed by atoms with Gasteiger partial charge in [0.05, 0.1) is 5.56 Å². The van der Waals surface area contributed by atoms with Crippen LogP contribution in [0.1, 0.15) is 32.0 Å². The number of halogens is 2. The Kier molecular flexibility index (Phi) is 7.72. The van der Waals surface area contributed by atoms with Crippen LogP contribution in [0, 0.1) is 11.6 Å². The van der Waals surface area contributed by atoms with Crippen molar-refractivity contribution in [1.82, 2.24) is 14.8 Å². The Morgan fingerprint density at radius 3 is 2.27 bits per heavy atom. The van der Waals surface area contributed by atoms with Crippen LogP contribution in [0.4, 0.5) is 25.4 Å². The summed E-state index contributed by atoms with van der Waals surface area (Å²) in [4.78, 5) is 32.9. The van der Waals surface area contributed by atoms with E-state index in [-0.39, 0.29) is 21.7 Å². The number of carbonyl (C=O) groups is 2. The lowest BCUT2D eigenvalue weighted by Gasteiger charge is -2.18. The first-order valence-electron chi connectivity index (χ1n) is 10.2. The van der Waals surface area contributed by atoms with Crippen molar-refractivity contribution >= 4 is 39.7 Å². The molecule has 0 aliphatic carbocycles. The van der Waals surface area contributed by atoms with Crippen LogP contribution >= 0.6 is 11.3 Å². The Hall–Kier alpha value is -3.37. The molecule has 7 nitrogen and oxygen atoms in total. The quantitative estimate of drug-likeness (QED) is 0.457. The smallest absolute Gasteiger partial charge is 0.253 e. The maximum atomic E-state index is 14.0. The molecule has 0 fully saturated rings. The number of hydrogen-bond acceptors (Lipinski definition) is 7. The third-order valence-electron chi connectivity index (χ3n) is 4.88. The third-order valence-corrected chi connectivity index (χ3v) is 5.86. The molecule has 0 radical (unpaired) electrons. The van der Waals surface area contributed by atoms with E-state index in [4.69, 9.17) is 5.73 Å². The second-order valence-corrected chi connectivity index (χ2v) is 8.74. The van der Waals surface area contributed by atoms with Crippen molar-refractivity contribution in [1.29, 1.82) is 0 Å². The van der Waals surface area contributed by atoms with Crippen molar-refractivity contribution in [2.24, 2.45) is 0 Å². The Bertz CT molecular complexity index is 1130. The Morgan fingerprint density at radius 1 is 1.03 bits per heavy atom. The molecule has 174 valence electrons. The number of aromatic nitrogens is 1. The molecule has 3 aromatic rings. The number of thiazole rings is 1. The second-order valence-electron chi connectivity index (χ2n) is 7.75. The van der Waals surface area contributed by atoms with E-state index >= 15 is 0 Å². The zero-order valence-electron chi connectivity index (χ0n) is 18.6. The molecule has 1 heterocycles. The molecule has 0 unspecified atom stereocenters. The molecule has 33 heavy (non-hydrogen) atoms. The lowest BCUT2D eigenvalue weighted by Crippen LogP contribution is -2.29. The van der Waals surface area contributed by atoms with Gasteiger partial charge in [-0.1, -0.05) is 17.4 Å². The van der Waals surface area contributed by atoms with Crippen LogP contribution in [-0.2, 0) is 0 Å². The summed E-state index contributed by atoms with van der Waals surface area (Å²) in [6.07, 6.45) is 0.873. The Morgan fingerprint density at radius 2 is 1.67 bits per heavy atom. The molecule has 0 saturated heterocycles. The van der Waals surface area contributed by atoms with Crippen molar-refractivity contribution in [2.75, 3.05) is 45.3 Å². The van der Waals surface area contributed by atoms with Gasteiger partial charge in [-0.2, -0.15) is 0 Å². The molecular weight excluding hydrogens is 448 g/mol. The fraction of sp³-hybridized carbons (Fsp3) is 0.261. The molecule has 0 bridgehead atoms. The molecule has 0 aliphatic heterocycles. The first-order valence-corrected chi connectivity index (χ1v) is 11.0. The molecule has 0 atom stereocenters. The number of benzene rings is 2. The number of rotatable bonds is 9. The molecule has 0 spiro atoms. The molecule has 0 saturated carbocycles. The number of hydrogen-bond donors (Lipinski definition) is 2. The molecule has 3 rings (SSSR count). The molecule has 0 aliphatic rings. The van der Waals surface area contributed by atoms with Crippen LogP contribution < -0.4 is 11.1 Å². The molecule has 2 aromatic carbocycles. The molecular formula is C23H25F2N5O2S. The average Bonchev–Trinajstić information content (AvgIpc) is 3.13. The third kappa shape index (κ3) is 5.91. The fourth-order valence-corrected chi connectivity index (χ4v) is 3.99. The van der Waals surface area contributed by atoms with Gasteiger partial charge in [-0.3, -0.25) is 9.59 Å². The summed E-state index contributed by atoms with van der Waals surface area (Å²) in [5.41, 5.74) is 6.32. The predicted octanol–water partition coefficient (Wildman–Crippen LogP) is 4.00. The van der Waals surface area contributed by atoms with E-state index in [1.807, 2.05) is 14.1 Å². The standard InChI is InChI=1S/C23H25F2N5O2S/c1-29(2)12-5-13-30(3)22(32)14-8-10-15(11-9-14)27-23-28-21(26)20(33-23)19(31)18-16(24)6-4-7-17(18)25/h4,6-11H,5,12-13,26H2,1-3H3,(H,27,28). The zero-order chi connectivity index (χ0) is 24.1. The van der Waals surface area contributed by atoms with Crippen LogP contribution in [0.25, 0.3) is 0 Å². The highest BCUT2D eigenvalue weighted by Crippen LogP contribution is 2.31. The highest BCUT2D eigenvalue weighted by Gasteiger charge is 2.24. The molecule has 1 amide bonds. The van der Waals surface area contributed by atoms with Crippen molar-refractivity contribution in [3.05, 3.63) is 70.1 Å². The van der Waals surface area contributed by atoms with Gasteiger partial charge in [0.25, 0.3) is 5.91 Å². The minimum Gasteiger partial charge on any atom is -0.382 e. The molecule has 3 N–H and O–H groups in total. The van der Waals surface area contributed by atoms with Gasteiger partial charge in [-0.05, 0) is 63.5 Å². The van der Waals surface area contributed by atoms with Crippen molar-refractivity contribution in [3.8, 4) is 0 Å². The van der Waals surface area contributed by atoms with Crippen LogP contribution in [0.15, 0.2) is 42.5 Å². The van der Waals surface area contributed by atoms with Gasteiger partial charge in [-0.25, -0.2) is 13.8 Å². The average molecular weight is 474 g/mol. The highest BCUT2D eigenvalue weighted by molar-refractivity contribution is 7.18. The van der Waals surface area contributed by atoms with Gasteiger partial charge in [0.1, 0.15) is 22.3 Å². The van der Waals surface area contributed by atoms with Gasteiger partial charge in [0.15, 0.2) is 5.13 Å². The van der Waals surface area contributed by atoms with Gasteiger partial charge in [-0.15, -0.1) is 0 Å². The Labute approximate surface area is 194 Å². The number of nitrogens with zero attached hydrogens (tertiary/aromatic N) is 3. The first-order chi connectivity index (χ1) is 15.7. The van der Waals surface area contributed by atoms with Crippen molar-refractivity contribution in [3.63, 3.8) is 0 Å². The lowest BCUT2D eigenvalue weighted by atomic mass is 10.1. The Balaban J connectivity index is 1.69. The second kappa shape index (κ2) is 10.5. The summed E-state index contributed by atoms with van der Waals surface area (Å²) < 4.78 is 27.9. The topological polar surface area (TPSA) is 91.6 Å². The highest BCUT2D eigenvalue weighted by atomic mass is 32.1. The number of ketones is 1. The van der Waals surface area contributed by atoms with E-state index in [0.29, 0.717) is 17.8 Å². The predicted molar refractivity (Wildman–Crippen MR) is 126 cm³/mol. The van der Waals surface area contributed by atoms with Gasteiger partial charge >= 0.3 is 0 Å². The SMILES string of the molecule is CN(C)CCCN(C)C(=O)c1ccc(Nc2nc(N)c(C(=O)c3c(F)cccc3F)s2)cc1. The minimum atomic E-state index is -0.964. The minimum absolute atomic E-state index is 0.0624. The van der Waals surface area contributed by atoms with E-state index in [2.05, 4.69) is 15.2 Å². The van der Waals surface area contributed by atoms with Gasteiger partial charge in [0, 0.05) is 24.8 Å². The number of nitrogens with one attached hydrogen (secondary N) is 1. The van der Waals surface area contributed by atoms with Gasteiger partial charge < -0.3 is 20.9 Å². The van der Waals surface area contributed by atoms with E-state index in [1.54, 1.807) is 36.2 Å². The normalized spacial score (nSPS) is 11.0. The van der Waals surface area contributed by atoms with Gasteiger partial charge in [0.2, 0.25) is 5.78 Å². The summed E-state index contributed by atoms with van der Waals surface area (Å²) in [7, 11) is 5.74. The summed E-state index contributed by atoms with van der Waals surface area (Å²) in [6, 6.07) is 9.98. The largest absolute Gasteiger partial charge is 0.382 e. The van der Waals surface area contributed by atoms with E-state index in [1.165, 1.54) is 6.07 Å². The number of carbonyl (C=O) groups excluding carboxylic acids is 2. The van der Waals surface area contributed by atoms with Crippen LogP contribution in [-0.4, -0.2) is 60.7 Å². The van der Waals surface area contributed by atoms with Crippen LogP contribution in [0.5, 0.6) is 0 Å². The summed E-state index contributed by atoms with van der Waals surface area (Å²) >= 11 is 0.892. The van der Waals surface area contributed by atoms with Crippen LogP contribution in [0.3, 0.4) is 0 Å². The maximum Gasteiger partial charge on any atom is 0.253 e. The fourth-order valence-electron chi connectivity index (χ4n) is 3.14. The summed E-state index contributed by atoms with van der Waals surface area (Å²) in [5, 5.41) is 3.28. The van der Waals surface area contributed by atoms with E-state index in [9.17, 15) is 18.4 Å². The summed E-state index contributed by atoms with van der Waals surface area (Å²) in [5.74, 6) is -3.00. The zero-order valence-corrected chi connectivity index (χ0v) is 19.4. The first kappa shape index (κ1) is 24.3. The number of anilines is 3. The summed E-state index contributed by atoms with van der Waals surface area (Å²) in [6.45, 7) is 1.54. The molecule has 1 aromatic heterocycles. The lowest BCUT2D eigenvalue weighted by molar-refractivity contribution is 0.0790. The molecule has 10 heteroatoms. The number of nitrogens with two attached hydrogens (primary N) is 1.